The molecule has 1 unspecified atom stereocenters. The van der Waals surface area contributed by atoms with Crippen LogP contribution in [0.2, 0.25) is 0 Å². The lowest BCUT2D eigenvalue weighted by molar-refractivity contribution is -0.176. The summed E-state index contributed by atoms with van der Waals surface area (Å²) in [6.07, 6.45) is -1.38. The topological polar surface area (TPSA) is 303 Å². The van der Waals surface area contributed by atoms with Gasteiger partial charge in [-0.1, -0.05) is 96.9 Å². The first-order valence-electron chi connectivity index (χ1n) is 31.6. The average Bonchev–Trinajstić information content (AvgIpc) is 2.34. The van der Waals surface area contributed by atoms with Crippen LogP contribution in [-0.2, 0) is 71.7 Å². The first-order valence-corrected chi connectivity index (χ1v) is 31.6. The Hall–Kier alpha value is -6.44. The van der Waals surface area contributed by atoms with Gasteiger partial charge < -0.3 is 69.8 Å². The summed E-state index contributed by atoms with van der Waals surface area (Å²) < 4.78 is 16.8. The van der Waals surface area contributed by atoms with E-state index < -0.39 is 175 Å². The number of esters is 1. The van der Waals surface area contributed by atoms with Crippen molar-refractivity contribution in [3.05, 3.63) is 0 Å². The van der Waals surface area contributed by atoms with E-state index in [1.807, 2.05) is 55.4 Å². The van der Waals surface area contributed by atoms with Gasteiger partial charge in [0.2, 0.25) is 65.0 Å². The van der Waals surface area contributed by atoms with Crippen LogP contribution in [0.3, 0.4) is 0 Å². The summed E-state index contributed by atoms with van der Waals surface area (Å²) in [7, 11) is 11.1. The van der Waals surface area contributed by atoms with Crippen LogP contribution < -0.4 is 21.3 Å². The molecule has 0 radical (unpaired) electrons. The molecule has 4 N–H and O–H groups in total. The molecule has 0 spiro atoms. The van der Waals surface area contributed by atoms with Crippen LogP contribution in [0.25, 0.3) is 0 Å². The Morgan fingerprint density at radius 2 is 0.955 bits per heavy atom. The Morgan fingerprint density at radius 3 is 1.43 bits per heavy atom. The Morgan fingerprint density at radius 1 is 0.506 bits per heavy atom. The molecule has 26 nitrogen and oxygen atoms in total. The quantitative estimate of drug-likeness (QED) is 0.171. The van der Waals surface area contributed by atoms with Gasteiger partial charge in [0.1, 0.15) is 67.0 Å². The number of amides is 11. The second-order valence-corrected chi connectivity index (χ2v) is 27.0. The molecule has 2 aliphatic heterocycles. The molecule has 11 amide bonds. The van der Waals surface area contributed by atoms with Gasteiger partial charge in [0.05, 0.1) is 19.8 Å². The van der Waals surface area contributed by atoms with E-state index in [1.54, 1.807) is 41.5 Å². The van der Waals surface area contributed by atoms with Gasteiger partial charge in [-0.05, 0) is 87.4 Å². The smallest absolute Gasteiger partial charge is 0.331 e. The molecule has 2 heterocycles. The van der Waals surface area contributed by atoms with Crippen LogP contribution in [0.1, 0.15) is 149 Å². The van der Waals surface area contributed by atoms with Crippen LogP contribution >= 0.6 is 0 Å². The van der Waals surface area contributed by atoms with E-state index in [-0.39, 0.29) is 62.2 Å². The van der Waals surface area contributed by atoms with Gasteiger partial charge in [-0.25, -0.2) is 4.79 Å². The maximum Gasteiger partial charge on any atom is 0.331 e. The number of likely N-dealkylation sites (N-methyl/N-ethyl adjacent to an activating group) is 7. The fourth-order valence-corrected chi connectivity index (χ4v) is 11.4. The second-order valence-electron chi connectivity index (χ2n) is 27.0. The van der Waals surface area contributed by atoms with Crippen LogP contribution in [-0.4, -0.2) is 248 Å². The Balaban J connectivity index is 2.99. The van der Waals surface area contributed by atoms with Crippen molar-refractivity contribution in [3.8, 4) is 0 Å². The number of nitrogens with one attached hydrogen (secondary N) is 4. The maximum absolute atomic E-state index is 15.4. The molecule has 0 saturated carbocycles. The summed E-state index contributed by atoms with van der Waals surface area (Å²) in [5, 5.41) is 11.0. The molecule has 0 bridgehead atoms. The van der Waals surface area contributed by atoms with Crippen molar-refractivity contribution in [1.82, 2.24) is 55.6 Å². The number of nitrogens with zero attached hydrogens (tertiary/aromatic N) is 7. The number of hydrogen-bond acceptors (Lipinski definition) is 15. The highest BCUT2D eigenvalue weighted by Crippen LogP contribution is 2.33. The molecule has 2 rings (SSSR count). The third kappa shape index (κ3) is 21.6. The number of methoxy groups -OCH3 is 1. The van der Waals surface area contributed by atoms with Crippen molar-refractivity contribution in [2.75, 3.05) is 69.6 Å². The zero-order valence-electron chi connectivity index (χ0n) is 57.9. The summed E-state index contributed by atoms with van der Waals surface area (Å²) in [5.41, 5.74) is 0. The Kier molecular flexibility index (Phi) is 31.1. The first kappa shape index (κ1) is 78.7. The Labute approximate surface area is 529 Å². The van der Waals surface area contributed by atoms with Gasteiger partial charge in [0, 0.05) is 55.8 Å². The van der Waals surface area contributed by atoms with Gasteiger partial charge in [-0.2, -0.15) is 0 Å². The molecule has 0 aromatic rings. The van der Waals surface area contributed by atoms with E-state index in [4.69, 9.17) is 14.2 Å². The third-order valence-corrected chi connectivity index (χ3v) is 16.8. The normalized spacial score (nSPS) is 28.7. The number of hydrogen-bond donors (Lipinski definition) is 4. The van der Waals surface area contributed by atoms with E-state index in [9.17, 15) is 38.4 Å². The molecular formula is C63H111N11O15. The predicted octanol–water partition coefficient (Wildman–Crippen LogP) is 2.25. The highest BCUT2D eigenvalue weighted by Gasteiger charge is 2.49. The lowest BCUT2D eigenvalue weighted by Crippen LogP contribution is -2.63. The van der Waals surface area contributed by atoms with E-state index in [1.165, 1.54) is 94.8 Å². The Bertz CT molecular complexity index is 2470. The van der Waals surface area contributed by atoms with E-state index in [0.717, 1.165) is 9.80 Å². The van der Waals surface area contributed by atoms with Gasteiger partial charge >= 0.3 is 5.97 Å². The van der Waals surface area contributed by atoms with Crippen LogP contribution in [0.5, 0.6) is 0 Å². The van der Waals surface area contributed by atoms with Gasteiger partial charge in [-0.15, -0.1) is 0 Å². The molecule has 2 aliphatic rings. The standard InChI is InChI=1S/C63H111N11O15/c1-25-42-59(82)68(17)31-47(75)69(18)43(26-33(2)3)56(79)67-50(37(10)11)62(85)70(19)44(27-34(4)5)55(78)64-40(15)54(77)65-41(16)58(81)71(20)45(28-35(6)7)60(83)72(21)46(29-36(8)9)61(84)73(22)51(38(12)13)63(86)74(23)52(57(80)66-42)53-39(14)30-49(89-53)88-32-48(76)87-24/h33-46,49-53H,25-32H2,1-24H3,(H,64,78)(H,65,77)(H,66,80)(H,67,79)/t39-,40+,41-,42+,43+,44+,45+,46+,49?,50+,51+,52+,53-/m1/s1. The highest BCUT2D eigenvalue weighted by molar-refractivity contribution is 5.99. The summed E-state index contributed by atoms with van der Waals surface area (Å²) in [6, 6.07) is -12.3. The van der Waals surface area contributed by atoms with Crippen molar-refractivity contribution < 1.29 is 71.7 Å². The molecule has 0 aliphatic carbocycles. The summed E-state index contributed by atoms with van der Waals surface area (Å²) in [4.78, 5) is 182. The SMILES string of the molecule is CC[C@@H]1NC(=O)[C@H]([C@@H]2OC(OCC(=O)OC)C[C@H]2C)N(C)C(=O)[C@H](C(C)C)N(C)C(=O)[C@H](CC(C)C)N(C)C(=O)[C@H](CC(C)C)N(C)C(=O)[C@@H](C)NC(=O)[C@H](C)NC(=O)[C@H](CC(C)C)N(C)C(=O)[C@H](C(C)C)NC(=O)[C@H](CC(C)C)N(C)C(=O)CN(C)C1=O. The molecule has 2 saturated heterocycles. The van der Waals surface area contributed by atoms with E-state index in [2.05, 4.69) is 21.3 Å². The minimum absolute atomic E-state index is 0.0107. The van der Waals surface area contributed by atoms with Crippen molar-refractivity contribution in [3.63, 3.8) is 0 Å². The fraction of sp³-hybridized carbons (Fsp3) is 0.810. The molecule has 13 atom stereocenters. The van der Waals surface area contributed by atoms with Crippen LogP contribution in [0.15, 0.2) is 0 Å². The van der Waals surface area contributed by atoms with Crippen LogP contribution in [0, 0.1) is 41.4 Å². The lowest BCUT2D eigenvalue weighted by Gasteiger charge is -2.41. The van der Waals surface area contributed by atoms with Crippen LogP contribution in [0.4, 0.5) is 0 Å². The number of carbonyl (C=O) groups is 12. The highest BCUT2D eigenvalue weighted by atomic mass is 16.7. The largest absolute Gasteiger partial charge is 0.467 e. The minimum atomic E-state index is -1.50. The average molecular weight is 1260 g/mol. The molecule has 508 valence electrons. The van der Waals surface area contributed by atoms with Crippen molar-refractivity contribution in [2.45, 2.75) is 222 Å². The van der Waals surface area contributed by atoms with E-state index >= 15 is 19.2 Å². The molecule has 26 heteroatoms. The zero-order chi connectivity index (χ0) is 68.5. The number of rotatable bonds is 15. The maximum atomic E-state index is 15.4. The zero-order valence-corrected chi connectivity index (χ0v) is 57.9. The summed E-state index contributed by atoms with van der Waals surface area (Å²) in [5.74, 6) is -10.4. The summed E-state index contributed by atoms with van der Waals surface area (Å²) in [6.45, 7) is 27.0. The van der Waals surface area contributed by atoms with Crippen molar-refractivity contribution >= 4 is 70.9 Å². The second kappa shape index (κ2) is 35.2. The lowest BCUT2D eigenvalue weighted by atomic mass is 9.93. The predicted molar refractivity (Wildman–Crippen MR) is 334 cm³/mol. The third-order valence-electron chi connectivity index (χ3n) is 16.8. The first-order chi connectivity index (χ1) is 41.2. The number of carbonyl (C=O) groups excluding carboxylic acids is 12. The molecule has 0 aromatic heterocycles. The molecule has 89 heavy (non-hydrogen) atoms. The van der Waals surface area contributed by atoms with Gasteiger partial charge in [0.15, 0.2) is 6.29 Å². The monoisotopic (exact) mass is 1260 g/mol. The van der Waals surface area contributed by atoms with Gasteiger partial charge in [0.25, 0.3) is 0 Å². The van der Waals surface area contributed by atoms with Gasteiger partial charge in [-0.3, -0.25) is 52.7 Å². The number of ether oxygens (including phenoxy) is 3. The van der Waals surface area contributed by atoms with E-state index in [0.29, 0.717) is 0 Å². The van der Waals surface area contributed by atoms with Crippen molar-refractivity contribution in [1.29, 1.82) is 0 Å². The summed E-state index contributed by atoms with van der Waals surface area (Å²) >= 11 is 0. The fourth-order valence-electron chi connectivity index (χ4n) is 11.4. The van der Waals surface area contributed by atoms with Crippen molar-refractivity contribution in [2.24, 2.45) is 41.4 Å². The minimum Gasteiger partial charge on any atom is -0.467 e. The molecule has 2 fully saturated rings. The molecular weight excluding hydrogens is 1150 g/mol. The molecule has 0 aromatic carbocycles.